The third kappa shape index (κ3) is 7.77. The van der Waals surface area contributed by atoms with Gasteiger partial charge in [0, 0.05) is 13.2 Å². The summed E-state index contributed by atoms with van der Waals surface area (Å²) >= 11 is 0. The molecule has 2 unspecified atom stereocenters. The van der Waals surface area contributed by atoms with Crippen LogP contribution in [0, 0.1) is 0 Å². The molecule has 36 heavy (non-hydrogen) atoms. The van der Waals surface area contributed by atoms with Crippen molar-refractivity contribution in [3.8, 4) is 0 Å². The van der Waals surface area contributed by atoms with Crippen LogP contribution in [-0.4, -0.2) is 46.8 Å². The molecule has 0 saturated heterocycles. The number of Topliss-reactive ketones (excluding diaryl/α,β-unsaturated/α-hetero) is 1. The van der Waals surface area contributed by atoms with Gasteiger partial charge in [0.25, 0.3) is 0 Å². The molecule has 0 saturated carbocycles. The van der Waals surface area contributed by atoms with E-state index in [2.05, 4.69) is 10.3 Å². The Morgan fingerprint density at radius 2 is 1.53 bits per heavy atom. The second kappa shape index (κ2) is 13.8. The monoisotopic (exact) mass is 487 g/mol. The Hall–Kier alpha value is -4.00. The van der Waals surface area contributed by atoms with E-state index in [1.165, 1.54) is 4.90 Å². The molecule has 0 bridgehead atoms. The number of pyridine rings is 1. The van der Waals surface area contributed by atoms with Crippen molar-refractivity contribution in [3.63, 3.8) is 0 Å². The maximum Gasteiger partial charge on any atom is 0.410 e. The smallest absolute Gasteiger partial charge is 0.410 e. The first-order valence-corrected chi connectivity index (χ1v) is 12.2. The predicted molar refractivity (Wildman–Crippen MR) is 138 cm³/mol. The van der Waals surface area contributed by atoms with Gasteiger partial charge in [0.05, 0.1) is 6.04 Å². The van der Waals surface area contributed by atoms with Crippen molar-refractivity contribution < 1.29 is 19.1 Å². The molecule has 7 heteroatoms. The van der Waals surface area contributed by atoms with Crippen LogP contribution in [0.25, 0.3) is 0 Å². The average Bonchev–Trinajstić information content (AvgIpc) is 2.93. The van der Waals surface area contributed by atoms with E-state index in [4.69, 9.17) is 4.74 Å². The number of nitrogens with zero attached hydrogens (tertiary/aromatic N) is 2. The first-order chi connectivity index (χ1) is 17.5. The number of hydrogen-bond donors (Lipinski definition) is 1. The highest BCUT2D eigenvalue weighted by Crippen LogP contribution is 2.13. The quantitative estimate of drug-likeness (QED) is 0.370. The molecule has 0 aliphatic heterocycles. The summed E-state index contributed by atoms with van der Waals surface area (Å²) in [6.07, 6.45) is 3.09. The molecule has 0 spiro atoms. The lowest BCUT2D eigenvalue weighted by molar-refractivity contribution is -0.126. The van der Waals surface area contributed by atoms with E-state index in [9.17, 15) is 14.4 Å². The van der Waals surface area contributed by atoms with Crippen LogP contribution >= 0.6 is 0 Å². The Morgan fingerprint density at radius 1 is 0.889 bits per heavy atom. The Kier molecular flexibility index (Phi) is 10.2. The topological polar surface area (TPSA) is 88.6 Å². The van der Waals surface area contributed by atoms with Crippen molar-refractivity contribution in [1.29, 1.82) is 0 Å². The Morgan fingerprint density at radius 3 is 2.14 bits per heavy atom. The largest absolute Gasteiger partial charge is 0.445 e. The molecule has 2 aromatic carbocycles. The van der Waals surface area contributed by atoms with E-state index in [0.29, 0.717) is 31.4 Å². The third-order valence-corrected chi connectivity index (χ3v) is 5.94. The maximum atomic E-state index is 13.4. The van der Waals surface area contributed by atoms with Crippen molar-refractivity contribution in [1.82, 2.24) is 15.2 Å². The van der Waals surface area contributed by atoms with Crippen LogP contribution in [0.1, 0.15) is 47.8 Å². The van der Waals surface area contributed by atoms with Gasteiger partial charge < -0.3 is 10.1 Å². The molecule has 0 fully saturated rings. The molecule has 188 valence electrons. The van der Waals surface area contributed by atoms with E-state index in [1.54, 1.807) is 31.4 Å². The predicted octanol–water partition coefficient (Wildman–Crippen LogP) is 4.82. The van der Waals surface area contributed by atoms with E-state index in [1.807, 2.05) is 67.6 Å². The van der Waals surface area contributed by atoms with Crippen molar-refractivity contribution in [2.45, 2.75) is 51.3 Å². The van der Waals surface area contributed by atoms with Gasteiger partial charge in [-0.05, 0) is 42.5 Å². The summed E-state index contributed by atoms with van der Waals surface area (Å²) in [5.41, 5.74) is 2.22. The number of ketones is 1. The van der Waals surface area contributed by atoms with Crippen LogP contribution in [0.3, 0.4) is 0 Å². The first-order valence-electron chi connectivity index (χ1n) is 12.2. The fourth-order valence-electron chi connectivity index (χ4n) is 3.90. The molecule has 2 atom stereocenters. The number of carbonyl (C=O) groups is 3. The van der Waals surface area contributed by atoms with Gasteiger partial charge in [0.2, 0.25) is 11.7 Å². The van der Waals surface area contributed by atoms with E-state index in [0.717, 1.165) is 11.1 Å². The van der Waals surface area contributed by atoms with Crippen molar-refractivity contribution in [3.05, 3.63) is 102 Å². The third-order valence-electron chi connectivity index (χ3n) is 5.94. The van der Waals surface area contributed by atoms with Gasteiger partial charge in [-0.1, -0.05) is 80.1 Å². The number of rotatable bonds is 12. The molecule has 0 aliphatic rings. The highest BCUT2D eigenvalue weighted by molar-refractivity contribution is 6.01. The van der Waals surface area contributed by atoms with Gasteiger partial charge in [0.1, 0.15) is 18.3 Å². The Labute approximate surface area is 212 Å². The van der Waals surface area contributed by atoms with Crippen LogP contribution in [0.15, 0.2) is 85.1 Å². The second-order valence-corrected chi connectivity index (χ2v) is 8.62. The molecule has 2 amide bonds. The molecule has 3 aromatic rings. The van der Waals surface area contributed by atoms with Crippen LogP contribution in [0.4, 0.5) is 4.79 Å². The lowest BCUT2D eigenvalue weighted by Gasteiger charge is -2.28. The van der Waals surface area contributed by atoms with E-state index >= 15 is 0 Å². The number of amides is 2. The van der Waals surface area contributed by atoms with Crippen LogP contribution < -0.4 is 5.32 Å². The summed E-state index contributed by atoms with van der Waals surface area (Å²) in [5.74, 6) is -0.650. The van der Waals surface area contributed by atoms with Crippen LogP contribution in [-0.2, 0) is 22.6 Å². The number of nitrogens with one attached hydrogen (secondary N) is 1. The van der Waals surface area contributed by atoms with Crippen molar-refractivity contribution >= 4 is 17.8 Å². The SMILES string of the molecule is CCCC(C(=O)NC(CCc1ccccc1)C(=O)c1ccccn1)N(C)C(=O)OCc1ccccc1. The molecule has 1 aromatic heterocycles. The Balaban J connectivity index is 1.71. The minimum atomic E-state index is -0.777. The van der Waals surface area contributed by atoms with Gasteiger partial charge >= 0.3 is 6.09 Å². The maximum absolute atomic E-state index is 13.4. The Bertz CT molecular complexity index is 1110. The normalized spacial score (nSPS) is 12.3. The second-order valence-electron chi connectivity index (χ2n) is 8.62. The highest BCUT2D eigenvalue weighted by Gasteiger charge is 2.31. The van der Waals surface area contributed by atoms with E-state index < -0.39 is 24.1 Å². The molecule has 3 rings (SSSR count). The molecular formula is C29H33N3O4. The zero-order valence-corrected chi connectivity index (χ0v) is 20.8. The van der Waals surface area contributed by atoms with Crippen LogP contribution in [0.5, 0.6) is 0 Å². The minimum absolute atomic E-state index is 0.113. The van der Waals surface area contributed by atoms with Gasteiger partial charge in [-0.15, -0.1) is 0 Å². The number of benzene rings is 2. The lowest BCUT2D eigenvalue weighted by Crippen LogP contribution is -2.52. The van der Waals surface area contributed by atoms with Gasteiger partial charge in [-0.2, -0.15) is 0 Å². The molecular weight excluding hydrogens is 454 g/mol. The van der Waals surface area contributed by atoms with Crippen molar-refractivity contribution in [2.75, 3.05) is 7.05 Å². The number of carbonyl (C=O) groups excluding carboxylic acids is 3. The summed E-state index contributed by atoms with van der Waals surface area (Å²) < 4.78 is 5.42. The number of hydrogen-bond acceptors (Lipinski definition) is 5. The molecule has 1 heterocycles. The summed E-state index contributed by atoms with van der Waals surface area (Å²) in [6, 6.07) is 22.7. The van der Waals surface area contributed by atoms with Gasteiger partial charge in [-0.3, -0.25) is 19.5 Å². The summed E-state index contributed by atoms with van der Waals surface area (Å²) in [4.78, 5) is 44.9. The fraction of sp³-hybridized carbons (Fsp3) is 0.310. The van der Waals surface area contributed by atoms with Gasteiger partial charge in [-0.25, -0.2) is 4.79 Å². The summed E-state index contributed by atoms with van der Waals surface area (Å²) in [7, 11) is 1.55. The number of aryl methyl sites for hydroxylation is 1. The number of ether oxygens (including phenoxy) is 1. The zero-order valence-electron chi connectivity index (χ0n) is 20.8. The fourth-order valence-corrected chi connectivity index (χ4v) is 3.90. The van der Waals surface area contributed by atoms with Crippen LogP contribution in [0.2, 0.25) is 0 Å². The zero-order chi connectivity index (χ0) is 25.8. The summed E-state index contributed by atoms with van der Waals surface area (Å²) in [5, 5.41) is 2.90. The molecule has 0 aliphatic carbocycles. The number of aromatic nitrogens is 1. The lowest BCUT2D eigenvalue weighted by atomic mass is 9.99. The summed E-state index contributed by atoms with van der Waals surface area (Å²) in [6.45, 7) is 2.05. The minimum Gasteiger partial charge on any atom is -0.445 e. The average molecular weight is 488 g/mol. The molecule has 7 nitrogen and oxygen atoms in total. The molecule has 1 N–H and O–H groups in total. The molecule has 0 radical (unpaired) electrons. The number of likely N-dealkylation sites (N-methyl/N-ethyl adjacent to an activating group) is 1. The van der Waals surface area contributed by atoms with Crippen molar-refractivity contribution in [2.24, 2.45) is 0 Å². The van der Waals surface area contributed by atoms with Gasteiger partial charge in [0.15, 0.2) is 0 Å². The standard InChI is InChI=1S/C29H33N3O4/c1-3-12-26(32(2)29(35)36-21-23-15-8-5-9-16-23)28(34)31-25(19-18-22-13-6-4-7-14-22)27(33)24-17-10-11-20-30-24/h4-11,13-17,20,25-26H,3,12,18-19,21H2,1-2H3,(H,31,34). The first kappa shape index (κ1) is 26.6. The highest BCUT2D eigenvalue weighted by atomic mass is 16.6. The van der Waals surface area contributed by atoms with E-state index in [-0.39, 0.29) is 12.4 Å².